The largest absolute Gasteiger partial charge is 0.303 e. The van der Waals surface area contributed by atoms with Crippen LogP contribution in [-0.4, -0.2) is 0 Å². The Bertz CT molecular complexity index is 120. The first kappa shape index (κ1) is 11.8. The van der Waals surface area contributed by atoms with E-state index < -0.39 is 0 Å². The second-order valence-corrected chi connectivity index (χ2v) is 2.44. The molecule has 0 aromatic carbocycles. The molecular formula is C4H3BrClSZn-. The first-order chi connectivity index (χ1) is 2.89. The predicted octanol–water partition coefficient (Wildman–Crippen LogP) is 2.73. The van der Waals surface area contributed by atoms with Crippen LogP contribution in [0.5, 0.6) is 0 Å². The van der Waals surface area contributed by atoms with Gasteiger partial charge in [0.2, 0.25) is 0 Å². The summed E-state index contributed by atoms with van der Waals surface area (Å²) in [6.45, 7) is 0. The molecule has 0 aliphatic rings. The van der Waals surface area contributed by atoms with E-state index in [-0.39, 0.29) is 31.9 Å². The predicted molar refractivity (Wildman–Crippen MR) is 38.1 cm³/mol. The van der Waals surface area contributed by atoms with Gasteiger partial charge in [0.25, 0.3) is 0 Å². The van der Waals surface area contributed by atoms with E-state index in [2.05, 4.69) is 21.3 Å². The van der Waals surface area contributed by atoms with E-state index >= 15 is 0 Å². The molecule has 0 nitrogen and oxygen atoms in total. The SMILES string of the molecule is Brc1[c-]scc1.Cl.[Zn]. The van der Waals surface area contributed by atoms with Crippen molar-refractivity contribution >= 4 is 39.7 Å². The molecule has 0 atom stereocenters. The van der Waals surface area contributed by atoms with Crippen molar-refractivity contribution in [3.05, 3.63) is 21.3 Å². The van der Waals surface area contributed by atoms with Gasteiger partial charge >= 0.3 is 0 Å². The molecule has 8 heavy (non-hydrogen) atoms. The molecule has 0 N–H and O–H groups in total. The van der Waals surface area contributed by atoms with Gasteiger partial charge in [0.05, 0.1) is 0 Å². The fourth-order valence-electron chi connectivity index (χ4n) is 0.218. The zero-order chi connectivity index (χ0) is 4.41. The van der Waals surface area contributed by atoms with Crippen LogP contribution in [0, 0.1) is 5.38 Å². The maximum atomic E-state index is 3.24. The average molecular weight is 264 g/mol. The minimum Gasteiger partial charge on any atom is -0.303 e. The molecule has 0 fully saturated rings. The Hall–Kier alpha value is 1.09. The summed E-state index contributed by atoms with van der Waals surface area (Å²) in [5.41, 5.74) is 0. The van der Waals surface area contributed by atoms with Gasteiger partial charge in [0.15, 0.2) is 0 Å². The maximum absolute atomic E-state index is 3.24. The van der Waals surface area contributed by atoms with Crippen LogP contribution >= 0.6 is 39.7 Å². The Morgan fingerprint density at radius 3 is 2.38 bits per heavy atom. The van der Waals surface area contributed by atoms with Crippen molar-refractivity contribution in [1.29, 1.82) is 0 Å². The molecule has 1 aromatic heterocycles. The number of hydrogen-bond acceptors (Lipinski definition) is 1. The van der Waals surface area contributed by atoms with Crippen molar-refractivity contribution in [1.82, 2.24) is 0 Å². The second kappa shape index (κ2) is 6.22. The molecule has 4 heteroatoms. The molecule has 0 bridgehead atoms. The summed E-state index contributed by atoms with van der Waals surface area (Å²) in [6, 6.07) is 1.96. The standard InChI is InChI=1S/C4H2BrS.ClH.Zn/c5-4-1-2-6-3-4;;/h1-2H;1H;/q-1;;. The molecule has 1 heterocycles. The van der Waals surface area contributed by atoms with Crippen LogP contribution in [0.15, 0.2) is 15.9 Å². The van der Waals surface area contributed by atoms with E-state index in [1.54, 1.807) is 11.3 Å². The summed E-state index contributed by atoms with van der Waals surface area (Å²) in [4.78, 5) is 0. The van der Waals surface area contributed by atoms with Crippen molar-refractivity contribution in [2.75, 3.05) is 0 Å². The molecule has 0 aliphatic carbocycles. The van der Waals surface area contributed by atoms with E-state index in [4.69, 9.17) is 0 Å². The van der Waals surface area contributed by atoms with Crippen LogP contribution in [0.2, 0.25) is 0 Å². The molecule has 1 rings (SSSR count). The maximum Gasteiger partial charge on any atom is 0 e. The Kier molecular flexibility index (Phi) is 9.20. The smallest absolute Gasteiger partial charge is 0 e. The van der Waals surface area contributed by atoms with Crippen LogP contribution < -0.4 is 0 Å². The van der Waals surface area contributed by atoms with E-state index in [1.165, 1.54) is 0 Å². The van der Waals surface area contributed by atoms with Gasteiger partial charge in [0.1, 0.15) is 0 Å². The normalized spacial score (nSPS) is 6.62. The number of rotatable bonds is 0. The molecule has 0 saturated heterocycles. The van der Waals surface area contributed by atoms with E-state index in [1.807, 2.05) is 11.4 Å². The van der Waals surface area contributed by atoms with Gasteiger partial charge < -0.3 is 11.3 Å². The van der Waals surface area contributed by atoms with Crippen LogP contribution in [0.1, 0.15) is 0 Å². The van der Waals surface area contributed by atoms with Gasteiger partial charge in [-0.2, -0.15) is 11.4 Å². The Morgan fingerprint density at radius 2 is 2.25 bits per heavy atom. The summed E-state index contributed by atoms with van der Waals surface area (Å²) in [5, 5.41) is 4.93. The van der Waals surface area contributed by atoms with Crippen LogP contribution in [0.25, 0.3) is 0 Å². The van der Waals surface area contributed by atoms with Gasteiger partial charge in [-0.15, -0.1) is 17.8 Å². The number of hydrogen-bond donors (Lipinski definition) is 0. The molecule has 0 amide bonds. The molecular weight excluding hydrogens is 261 g/mol. The number of thiophene rings is 1. The quantitative estimate of drug-likeness (QED) is 0.499. The Balaban J connectivity index is 0. The summed E-state index contributed by atoms with van der Waals surface area (Å²) in [7, 11) is 0. The van der Waals surface area contributed by atoms with Gasteiger partial charge in [-0.3, -0.25) is 0 Å². The van der Waals surface area contributed by atoms with E-state index in [0.717, 1.165) is 4.47 Å². The Morgan fingerprint density at radius 1 is 1.62 bits per heavy atom. The summed E-state index contributed by atoms with van der Waals surface area (Å²) in [5.74, 6) is 0. The average Bonchev–Trinajstić information content (AvgIpc) is 1.86. The van der Waals surface area contributed by atoms with Gasteiger partial charge in [-0.1, -0.05) is 20.4 Å². The molecule has 42 valence electrons. The van der Waals surface area contributed by atoms with Crippen molar-refractivity contribution < 1.29 is 19.5 Å². The fraction of sp³-hybridized carbons (Fsp3) is 0. The summed E-state index contributed by atoms with van der Waals surface area (Å²) < 4.78 is 1.05. The van der Waals surface area contributed by atoms with Crippen LogP contribution in [0.3, 0.4) is 0 Å². The van der Waals surface area contributed by atoms with Gasteiger partial charge in [-0.25, -0.2) is 0 Å². The molecule has 0 saturated carbocycles. The third-order valence-electron chi connectivity index (χ3n) is 0.439. The van der Waals surface area contributed by atoms with Gasteiger partial charge in [-0.05, 0) is 0 Å². The third kappa shape index (κ3) is 4.02. The van der Waals surface area contributed by atoms with Gasteiger partial charge in [0, 0.05) is 19.5 Å². The van der Waals surface area contributed by atoms with Crippen LogP contribution in [-0.2, 0) is 19.5 Å². The van der Waals surface area contributed by atoms with Crippen molar-refractivity contribution in [2.24, 2.45) is 0 Å². The Labute approximate surface area is 80.0 Å². The first-order valence-electron chi connectivity index (χ1n) is 1.50. The minimum atomic E-state index is 0. The fourth-order valence-corrected chi connectivity index (χ4v) is 1.26. The molecule has 0 unspecified atom stereocenters. The zero-order valence-electron chi connectivity index (χ0n) is 4.06. The van der Waals surface area contributed by atoms with E-state index in [0.29, 0.717) is 0 Å². The zero-order valence-corrected chi connectivity index (χ0v) is 10.2. The topological polar surface area (TPSA) is 0 Å². The first-order valence-corrected chi connectivity index (χ1v) is 3.17. The molecule has 0 aliphatic heterocycles. The third-order valence-corrected chi connectivity index (χ3v) is 1.77. The van der Waals surface area contributed by atoms with Crippen molar-refractivity contribution in [3.8, 4) is 0 Å². The molecule has 0 spiro atoms. The summed E-state index contributed by atoms with van der Waals surface area (Å²) in [6.07, 6.45) is 0. The van der Waals surface area contributed by atoms with Crippen LogP contribution in [0.4, 0.5) is 0 Å². The minimum absolute atomic E-state index is 0. The second-order valence-electron chi connectivity index (χ2n) is 0.871. The summed E-state index contributed by atoms with van der Waals surface area (Å²) >= 11 is 4.80. The van der Waals surface area contributed by atoms with Crippen molar-refractivity contribution in [3.63, 3.8) is 0 Å². The number of halogens is 2. The molecule has 1 aromatic rings. The monoisotopic (exact) mass is 261 g/mol. The van der Waals surface area contributed by atoms with Crippen molar-refractivity contribution in [2.45, 2.75) is 0 Å². The van der Waals surface area contributed by atoms with E-state index in [9.17, 15) is 0 Å². The molecule has 0 radical (unpaired) electrons.